The van der Waals surface area contributed by atoms with Crippen molar-refractivity contribution in [1.82, 2.24) is 10.1 Å². The van der Waals surface area contributed by atoms with Crippen molar-refractivity contribution in [1.29, 1.82) is 0 Å². The fourth-order valence-electron chi connectivity index (χ4n) is 1.95. The lowest BCUT2D eigenvalue weighted by Gasteiger charge is -1.99. The van der Waals surface area contributed by atoms with Gasteiger partial charge >= 0.3 is 0 Å². The van der Waals surface area contributed by atoms with Gasteiger partial charge in [0.15, 0.2) is 0 Å². The molecule has 0 bridgehead atoms. The van der Waals surface area contributed by atoms with Crippen LogP contribution >= 0.6 is 22.9 Å². The Morgan fingerprint density at radius 2 is 2.26 bits per heavy atom. The summed E-state index contributed by atoms with van der Waals surface area (Å²) in [6, 6.07) is 8.62. The van der Waals surface area contributed by atoms with E-state index >= 15 is 0 Å². The van der Waals surface area contributed by atoms with Crippen LogP contribution in [0.4, 0.5) is 5.69 Å². The van der Waals surface area contributed by atoms with Gasteiger partial charge in [-0.05, 0) is 30.0 Å². The van der Waals surface area contributed by atoms with Gasteiger partial charge in [-0.1, -0.05) is 35.0 Å². The summed E-state index contributed by atoms with van der Waals surface area (Å²) < 4.78 is 5.14. The van der Waals surface area contributed by atoms with Crippen molar-refractivity contribution in [3.8, 4) is 10.7 Å². The van der Waals surface area contributed by atoms with E-state index in [1.54, 1.807) is 25.1 Å². The molecule has 0 aliphatic rings. The quantitative estimate of drug-likeness (QED) is 0.502. The van der Waals surface area contributed by atoms with Crippen molar-refractivity contribution in [2.24, 2.45) is 0 Å². The van der Waals surface area contributed by atoms with E-state index in [0.29, 0.717) is 17.0 Å². The fourth-order valence-corrected chi connectivity index (χ4v) is 2.80. The molecule has 3 rings (SSSR count). The number of aryl methyl sites for hydroxylation is 1. The summed E-state index contributed by atoms with van der Waals surface area (Å²) in [6.45, 7) is 1.68. The van der Waals surface area contributed by atoms with Gasteiger partial charge in [0.25, 0.3) is 11.6 Å². The molecule has 0 unspecified atom stereocenters. The zero-order valence-electron chi connectivity index (χ0n) is 11.9. The Balaban J connectivity index is 1.91. The maximum Gasteiger partial charge on any atom is 0.272 e. The lowest BCUT2D eigenvalue weighted by molar-refractivity contribution is -0.385. The maximum absolute atomic E-state index is 11.0. The molecule has 1 aromatic carbocycles. The Hall–Kier alpha value is -2.51. The predicted octanol–water partition coefficient (Wildman–Crippen LogP) is 4.75. The van der Waals surface area contributed by atoms with Crippen LogP contribution in [0.25, 0.3) is 21.8 Å². The lowest BCUT2D eigenvalue weighted by atomic mass is 10.1. The van der Waals surface area contributed by atoms with Gasteiger partial charge in [-0.25, -0.2) is 0 Å². The van der Waals surface area contributed by atoms with Crippen molar-refractivity contribution in [2.45, 2.75) is 6.92 Å². The first-order valence-electron chi connectivity index (χ1n) is 6.55. The highest BCUT2D eigenvalue weighted by Gasteiger charge is 2.14. The highest BCUT2D eigenvalue weighted by Crippen LogP contribution is 2.27. The van der Waals surface area contributed by atoms with Crippen molar-refractivity contribution >= 4 is 39.7 Å². The summed E-state index contributed by atoms with van der Waals surface area (Å²) in [6.07, 6.45) is 1.56. The Labute approximate surface area is 140 Å². The van der Waals surface area contributed by atoms with Crippen LogP contribution in [0.1, 0.15) is 17.0 Å². The lowest BCUT2D eigenvalue weighted by Crippen LogP contribution is -1.92. The third-order valence-corrected chi connectivity index (χ3v) is 4.23. The Morgan fingerprint density at radius 1 is 1.43 bits per heavy atom. The van der Waals surface area contributed by atoms with Crippen LogP contribution in [0.15, 0.2) is 40.2 Å². The van der Waals surface area contributed by atoms with Gasteiger partial charge in [0.2, 0.25) is 5.82 Å². The monoisotopic (exact) mass is 347 g/mol. The molecule has 0 amide bonds. The second-order valence-corrected chi connectivity index (χ2v) is 6.05. The summed E-state index contributed by atoms with van der Waals surface area (Å²) in [7, 11) is 0. The van der Waals surface area contributed by atoms with Crippen molar-refractivity contribution < 1.29 is 9.45 Å². The van der Waals surface area contributed by atoms with Crippen molar-refractivity contribution in [2.75, 3.05) is 0 Å². The average molecular weight is 348 g/mol. The number of aromatic nitrogens is 2. The van der Waals surface area contributed by atoms with Gasteiger partial charge in [-0.2, -0.15) is 4.98 Å². The topological polar surface area (TPSA) is 82.1 Å². The smallest absolute Gasteiger partial charge is 0.272 e. The van der Waals surface area contributed by atoms with Crippen LogP contribution in [0, 0.1) is 17.0 Å². The van der Waals surface area contributed by atoms with Gasteiger partial charge in [0, 0.05) is 11.6 Å². The second kappa shape index (κ2) is 6.31. The van der Waals surface area contributed by atoms with Crippen LogP contribution < -0.4 is 0 Å². The third-order valence-electron chi connectivity index (χ3n) is 3.10. The predicted molar refractivity (Wildman–Crippen MR) is 89.2 cm³/mol. The summed E-state index contributed by atoms with van der Waals surface area (Å²) in [5.74, 6) is 0.620. The third kappa shape index (κ3) is 3.30. The summed E-state index contributed by atoms with van der Waals surface area (Å²) in [5.41, 5.74) is 1.21. The van der Waals surface area contributed by atoms with E-state index in [0.717, 1.165) is 4.88 Å². The molecule has 0 saturated heterocycles. The van der Waals surface area contributed by atoms with E-state index < -0.39 is 4.92 Å². The summed E-state index contributed by atoms with van der Waals surface area (Å²) >= 11 is 7.67. The molecule has 8 heteroatoms. The van der Waals surface area contributed by atoms with E-state index in [1.807, 2.05) is 17.5 Å². The number of thiophene rings is 1. The number of hydrogen-bond donors (Lipinski definition) is 0. The van der Waals surface area contributed by atoms with Gasteiger partial charge in [-0.15, -0.1) is 11.3 Å². The van der Waals surface area contributed by atoms with E-state index in [1.165, 1.54) is 17.4 Å². The zero-order valence-corrected chi connectivity index (χ0v) is 13.5. The molecule has 6 nitrogen and oxygen atoms in total. The standard InChI is InChI=1S/C15H10ClN3O3S/c1-9-4-5-10(8-12(9)19(20)21)7-11(16)15-17-14(18-22-15)13-3-2-6-23-13/h2-8H,1H3/b11-7-. The first-order valence-corrected chi connectivity index (χ1v) is 7.80. The van der Waals surface area contributed by atoms with Gasteiger partial charge in [-0.3, -0.25) is 10.1 Å². The minimum atomic E-state index is -0.428. The first-order chi connectivity index (χ1) is 11.0. The van der Waals surface area contributed by atoms with E-state index in [9.17, 15) is 10.1 Å². The van der Waals surface area contributed by atoms with Crippen LogP contribution in [-0.2, 0) is 0 Å². The molecule has 0 radical (unpaired) electrons. The van der Waals surface area contributed by atoms with Gasteiger partial charge < -0.3 is 4.52 Å². The molecule has 0 fully saturated rings. The molecule has 3 aromatic rings. The number of hydrogen-bond acceptors (Lipinski definition) is 6. The molecule has 0 spiro atoms. The highest BCUT2D eigenvalue weighted by molar-refractivity contribution is 7.13. The number of nitrogens with zero attached hydrogens (tertiary/aromatic N) is 3. The fraction of sp³-hybridized carbons (Fsp3) is 0.0667. The van der Waals surface area contributed by atoms with Gasteiger partial charge in [0.1, 0.15) is 5.03 Å². The molecule has 116 valence electrons. The zero-order chi connectivity index (χ0) is 16.4. The normalized spacial score (nSPS) is 11.7. The first kappa shape index (κ1) is 15.4. The number of halogens is 1. The summed E-state index contributed by atoms with van der Waals surface area (Å²) in [4.78, 5) is 15.6. The number of rotatable bonds is 4. The highest BCUT2D eigenvalue weighted by atomic mass is 35.5. The van der Waals surface area contributed by atoms with Crippen LogP contribution in [0.2, 0.25) is 0 Å². The number of nitro benzene ring substituents is 1. The van der Waals surface area contributed by atoms with E-state index in [-0.39, 0.29) is 16.6 Å². The average Bonchev–Trinajstić information content (AvgIpc) is 3.19. The molecular formula is C15H10ClN3O3S. The second-order valence-electron chi connectivity index (χ2n) is 4.70. The Bertz CT molecular complexity index is 887. The SMILES string of the molecule is Cc1ccc(/C=C(\Cl)c2nc(-c3cccs3)no2)cc1[N+](=O)[O-]. The summed E-state index contributed by atoms with van der Waals surface area (Å²) in [5, 5.41) is 17.0. The molecule has 2 heterocycles. The van der Waals surface area contributed by atoms with Crippen LogP contribution in [0.3, 0.4) is 0 Å². The minimum Gasteiger partial charge on any atom is -0.333 e. The molecule has 23 heavy (non-hydrogen) atoms. The number of benzene rings is 1. The molecule has 0 N–H and O–H groups in total. The Morgan fingerprint density at radius 3 is 2.96 bits per heavy atom. The minimum absolute atomic E-state index is 0.0352. The largest absolute Gasteiger partial charge is 0.333 e. The van der Waals surface area contributed by atoms with Crippen LogP contribution in [-0.4, -0.2) is 15.1 Å². The number of nitro groups is 1. The van der Waals surface area contributed by atoms with E-state index in [2.05, 4.69) is 10.1 Å². The molecular weight excluding hydrogens is 338 g/mol. The molecule has 0 aliphatic carbocycles. The molecule has 0 atom stereocenters. The molecule has 0 aliphatic heterocycles. The van der Waals surface area contributed by atoms with Crippen molar-refractivity contribution in [3.63, 3.8) is 0 Å². The van der Waals surface area contributed by atoms with E-state index in [4.69, 9.17) is 16.1 Å². The van der Waals surface area contributed by atoms with Gasteiger partial charge in [0.05, 0.1) is 9.80 Å². The molecule has 2 aromatic heterocycles. The van der Waals surface area contributed by atoms with Crippen LogP contribution in [0.5, 0.6) is 0 Å². The van der Waals surface area contributed by atoms with Crippen molar-refractivity contribution in [3.05, 3.63) is 62.8 Å². The molecule has 0 saturated carbocycles. The maximum atomic E-state index is 11.0. The Kier molecular flexibility index (Phi) is 4.22.